The van der Waals surface area contributed by atoms with Gasteiger partial charge in [0, 0.05) is 38.2 Å². The summed E-state index contributed by atoms with van der Waals surface area (Å²) in [6.45, 7) is 4.93. The number of hydrogen-bond donors (Lipinski definition) is 0. The topological polar surface area (TPSA) is 38.2 Å². The third kappa shape index (κ3) is 3.19. The number of fused-ring (bicyclic) bond motifs is 1. The van der Waals surface area contributed by atoms with Crippen molar-refractivity contribution in [1.82, 2.24) is 14.9 Å². The maximum absolute atomic E-state index is 6.16. The van der Waals surface area contributed by atoms with Gasteiger partial charge in [-0.25, -0.2) is 9.97 Å². The van der Waals surface area contributed by atoms with E-state index in [-0.39, 0.29) is 5.28 Å². The highest BCUT2D eigenvalue weighted by Crippen LogP contribution is 2.24. The van der Waals surface area contributed by atoms with Crippen LogP contribution in [0.5, 0.6) is 0 Å². The fourth-order valence-electron chi connectivity index (χ4n) is 2.85. The summed E-state index contributed by atoms with van der Waals surface area (Å²) in [5, 5.41) is 0.766. The minimum absolute atomic E-state index is 0.251. The van der Waals surface area contributed by atoms with Crippen molar-refractivity contribution in [2.45, 2.75) is 19.3 Å². The van der Waals surface area contributed by atoms with Crippen LogP contribution >= 0.6 is 23.2 Å². The average molecular weight is 302 g/mol. The van der Waals surface area contributed by atoms with Crippen molar-refractivity contribution in [3.63, 3.8) is 0 Å². The fraction of sp³-hybridized carbons (Fsp3) is 0.692. The lowest BCUT2D eigenvalue weighted by Gasteiger charge is -2.22. The van der Waals surface area contributed by atoms with E-state index < -0.39 is 0 Å². The Morgan fingerprint density at radius 2 is 2.05 bits per heavy atom. The summed E-state index contributed by atoms with van der Waals surface area (Å²) in [6.07, 6.45) is 2.97. The molecule has 104 valence electrons. The zero-order valence-corrected chi connectivity index (χ0v) is 12.3. The Kier molecular flexibility index (Phi) is 4.22. The van der Waals surface area contributed by atoms with Crippen molar-refractivity contribution in [2.24, 2.45) is 5.92 Å². The maximum Gasteiger partial charge on any atom is 0.224 e. The zero-order chi connectivity index (χ0) is 13.2. The monoisotopic (exact) mass is 301 g/mol. The first kappa shape index (κ1) is 13.6. The normalized spacial score (nSPS) is 24.2. The van der Waals surface area contributed by atoms with Crippen molar-refractivity contribution in [2.75, 3.05) is 32.8 Å². The molecule has 1 unspecified atom stereocenters. The number of rotatable bonds is 2. The Labute approximate surface area is 123 Å². The quantitative estimate of drug-likeness (QED) is 0.620. The van der Waals surface area contributed by atoms with Crippen LogP contribution in [0, 0.1) is 5.92 Å². The minimum Gasteiger partial charge on any atom is -0.381 e. The third-order valence-electron chi connectivity index (χ3n) is 3.90. The standard InChI is InChI=1S/C13H17Cl2N3O/c14-12-10-1-4-18(7-9-3-6-19-8-9)5-2-11(10)16-13(15)17-12/h9H,1-8H2. The minimum atomic E-state index is 0.251. The summed E-state index contributed by atoms with van der Waals surface area (Å²) in [5.74, 6) is 0.673. The third-order valence-corrected chi connectivity index (χ3v) is 4.38. The molecule has 1 fully saturated rings. The Balaban J connectivity index is 1.68. The van der Waals surface area contributed by atoms with Crippen LogP contribution < -0.4 is 0 Å². The molecule has 2 aliphatic heterocycles. The van der Waals surface area contributed by atoms with Crippen LogP contribution in [0.25, 0.3) is 0 Å². The number of halogens is 2. The van der Waals surface area contributed by atoms with Crippen molar-refractivity contribution in [1.29, 1.82) is 0 Å². The van der Waals surface area contributed by atoms with Gasteiger partial charge in [0.2, 0.25) is 5.28 Å². The average Bonchev–Trinajstić information content (AvgIpc) is 2.78. The van der Waals surface area contributed by atoms with Crippen molar-refractivity contribution in [3.8, 4) is 0 Å². The molecule has 0 saturated carbocycles. The van der Waals surface area contributed by atoms with Gasteiger partial charge >= 0.3 is 0 Å². The van der Waals surface area contributed by atoms with E-state index in [2.05, 4.69) is 14.9 Å². The van der Waals surface area contributed by atoms with Crippen LogP contribution in [0.3, 0.4) is 0 Å². The van der Waals surface area contributed by atoms with Crippen LogP contribution in [-0.2, 0) is 17.6 Å². The van der Waals surface area contributed by atoms with Crippen molar-refractivity contribution in [3.05, 3.63) is 21.7 Å². The molecule has 0 amide bonds. The molecule has 0 N–H and O–H groups in total. The van der Waals surface area contributed by atoms with E-state index in [1.165, 1.54) is 6.42 Å². The molecule has 0 aromatic carbocycles. The van der Waals surface area contributed by atoms with Crippen LogP contribution in [0.4, 0.5) is 0 Å². The Morgan fingerprint density at radius 3 is 2.84 bits per heavy atom. The first-order chi connectivity index (χ1) is 9.22. The Morgan fingerprint density at radius 1 is 1.21 bits per heavy atom. The molecule has 0 radical (unpaired) electrons. The van der Waals surface area contributed by atoms with Gasteiger partial charge in [0.1, 0.15) is 5.15 Å². The molecular weight excluding hydrogens is 285 g/mol. The molecule has 0 spiro atoms. The van der Waals surface area contributed by atoms with Gasteiger partial charge in [0.05, 0.1) is 12.3 Å². The highest BCUT2D eigenvalue weighted by Gasteiger charge is 2.23. The maximum atomic E-state index is 6.16. The number of ether oxygens (including phenoxy) is 1. The van der Waals surface area contributed by atoms with Crippen LogP contribution in [0.2, 0.25) is 10.4 Å². The van der Waals surface area contributed by atoms with E-state index >= 15 is 0 Å². The van der Waals surface area contributed by atoms with Crippen molar-refractivity contribution < 1.29 is 4.74 Å². The van der Waals surface area contributed by atoms with Crippen molar-refractivity contribution >= 4 is 23.2 Å². The van der Waals surface area contributed by atoms with Gasteiger partial charge in [-0.05, 0) is 30.4 Å². The van der Waals surface area contributed by atoms with E-state index in [4.69, 9.17) is 27.9 Å². The second-order valence-electron chi connectivity index (χ2n) is 5.24. The predicted molar refractivity (Wildman–Crippen MR) is 74.8 cm³/mol. The van der Waals surface area contributed by atoms with E-state index in [0.717, 1.165) is 56.9 Å². The Hall–Kier alpha value is -0.420. The lowest BCUT2D eigenvalue weighted by atomic mass is 10.1. The molecule has 3 rings (SSSR count). The predicted octanol–water partition coefficient (Wildman–Crippen LogP) is 2.22. The second-order valence-corrected chi connectivity index (χ2v) is 5.93. The second kappa shape index (κ2) is 5.92. The van der Waals surface area contributed by atoms with Crippen LogP contribution in [-0.4, -0.2) is 47.7 Å². The van der Waals surface area contributed by atoms with E-state index in [9.17, 15) is 0 Å². The highest BCUT2D eigenvalue weighted by atomic mass is 35.5. The van der Waals surface area contributed by atoms with E-state index in [1.54, 1.807) is 0 Å². The molecule has 4 nitrogen and oxygen atoms in total. The van der Waals surface area contributed by atoms with Crippen LogP contribution in [0.1, 0.15) is 17.7 Å². The smallest absolute Gasteiger partial charge is 0.224 e. The number of hydrogen-bond acceptors (Lipinski definition) is 4. The first-order valence-electron chi connectivity index (χ1n) is 6.73. The van der Waals surface area contributed by atoms with Crippen LogP contribution in [0.15, 0.2) is 0 Å². The number of nitrogens with zero attached hydrogens (tertiary/aromatic N) is 3. The molecule has 2 aliphatic rings. The lowest BCUT2D eigenvalue weighted by Crippen LogP contribution is -2.32. The summed E-state index contributed by atoms with van der Waals surface area (Å²) in [6, 6.07) is 0. The molecular formula is C13H17Cl2N3O. The SMILES string of the molecule is Clc1nc(Cl)c2c(n1)CCN(CC1CCOC1)CC2. The Bertz CT molecular complexity index is 463. The van der Waals surface area contributed by atoms with Gasteiger partial charge in [0.25, 0.3) is 0 Å². The van der Waals surface area contributed by atoms with Gasteiger partial charge < -0.3 is 9.64 Å². The van der Waals surface area contributed by atoms with Gasteiger partial charge in [-0.15, -0.1) is 0 Å². The highest BCUT2D eigenvalue weighted by molar-refractivity contribution is 6.32. The molecule has 1 aromatic heterocycles. The van der Waals surface area contributed by atoms with E-state index in [0.29, 0.717) is 11.1 Å². The lowest BCUT2D eigenvalue weighted by molar-refractivity contribution is 0.168. The molecule has 6 heteroatoms. The molecule has 1 saturated heterocycles. The van der Waals surface area contributed by atoms with Gasteiger partial charge in [-0.2, -0.15) is 0 Å². The molecule has 0 bridgehead atoms. The molecule has 3 heterocycles. The fourth-order valence-corrected chi connectivity index (χ4v) is 3.36. The summed E-state index contributed by atoms with van der Waals surface area (Å²) in [7, 11) is 0. The summed E-state index contributed by atoms with van der Waals surface area (Å²) >= 11 is 12.0. The summed E-state index contributed by atoms with van der Waals surface area (Å²) in [5.41, 5.74) is 2.08. The molecule has 19 heavy (non-hydrogen) atoms. The van der Waals surface area contributed by atoms with Gasteiger partial charge in [-0.3, -0.25) is 0 Å². The number of aromatic nitrogens is 2. The summed E-state index contributed by atoms with van der Waals surface area (Å²) < 4.78 is 5.44. The largest absolute Gasteiger partial charge is 0.381 e. The molecule has 1 atom stereocenters. The van der Waals surface area contributed by atoms with Gasteiger partial charge in [-0.1, -0.05) is 11.6 Å². The molecule has 1 aromatic rings. The molecule has 0 aliphatic carbocycles. The van der Waals surface area contributed by atoms with E-state index in [1.807, 2.05) is 0 Å². The summed E-state index contributed by atoms with van der Waals surface area (Å²) in [4.78, 5) is 10.8. The first-order valence-corrected chi connectivity index (χ1v) is 7.49. The van der Waals surface area contributed by atoms with Gasteiger partial charge in [0.15, 0.2) is 0 Å². The zero-order valence-electron chi connectivity index (χ0n) is 10.7.